The average molecular weight is 353 g/mol. The predicted molar refractivity (Wildman–Crippen MR) is 82.7 cm³/mol. The number of sulfone groups is 1. The van der Waals surface area contributed by atoms with Crippen LogP contribution >= 0.6 is 0 Å². The lowest BCUT2D eigenvalue weighted by Gasteiger charge is -2.38. The number of aryl methyl sites for hydroxylation is 1. The van der Waals surface area contributed by atoms with E-state index >= 15 is 0 Å². The second kappa shape index (κ2) is 6.23. The van der Waals surface area contributed by atoms with Crippen molar-refractivity contribution in [1.29, 1.82) is 0 Å². The molecular weight excluding hydrogens is 337 g/mol. The smallest absolute Gasteiger partial charge is 0.260 e. The van der Waals surface area contributed by atoms with E-state index in [1.54, 1.807) is 19.3 Å². The maximum absolute atomic E-state index is 13.4. The van der Waals surface area contributed by atoms with Gasteiger partial charge in [-0.1, -0.05) is 12.1 Å². The van der Waals surface area contributed by atoms with Crippen LogP contribution in [0, 0.1) is 5.82 Å². The van der Waals surface area contributed by atoms with Crippen LogP contribution in [0.25, 0.3) is 0 Å². The maximum atomic E-state index is 13.4. The number of nitrogens with zero attached hydrogens (tertiary/aromatic N) is 3. The second-order valence-corrected chi connectivity index (χ2v) is 7.63. The summed E-state index contributed by atoms with van der Waals surface area (Å²) in [6.07, 6.45) is 2.97. The van der Waals surface area contributed by atoms with Crippen molar-refractivity contribution >= 4 is 15.7 Å². The van der Waals surface area contributed by atoms with Crippen molar-refractivity contribution in [1.82, 2.24) is 14.5 Å². The number of imidazole rings is 1. The molecule has 128 valence electrons. The summed E-state index contributed by atoms with van der Waals surface area (Å²) >= 11 is 0. The van der Waals surface area contributed by atoms with Gasteiger partial charge in [0.15, 0.2) is 18.2 Å². The van der Waals surface area contributed by atoms with Crippen molar-refractivity contribution < 1.29 is 22.3 Å². The van der Waals surface area contributed by atoms with Crippen molar-refractivity contribution in [2.45, 2.75) is 10.4 Å². The van der Waals surface area contributed by atoms with E-state index in [0.29, 0.717) is 0 Å². The summed E-state index contributed by atoms with van der Waals surface area (Å²) in [6.45, 7) is -0.181. The monoisotopic (exact) mass is 353 g/mol. The fourth-order valence-corrected chi connectivity index (χ4v) is 4.13. The van der Waals surface area contributed by atoms with Crippen molar-refractivity contribution in [2.24, 2.45) is 7.05 Å². The Labute approximate surface area is 138 Å². The van der Waals surface area contributed by atoms with Crippen LogP contribution < -0.4 is 4.74 Å². The van der Waals surface area contributed by atoms with Gasteiger partial charge in [0.1, 0.15) is 5.25 Å². The number of para-hydroxylation sites is 1. The van der Waals surface area contributed by atoms with Crippen LogP contribution in [0.15, 0.2) is 41.8 Å². The van der Waals surface area contributed by atoms with E-state index in [9.17, 15) is 17.6 Å². The first-order chi connectivity index (χ1) is 11.4. The van der Waals surface area contributed by atoms with E-state index in [2.05, 4.69) is 4.98 Å². The third-order valence-corrected chi connectivity index (χ3v) is 5.94. The molecule has 9 heteroatoms. The molecular formula is C15H16FN3O4S. The van der Waals surface area contributed by atoms with E-state index in [0.717, 1.165) is 0 Å². The molecule has 2 aromatic rings. The summed E-state index contributed by atoms with van der Waals surface area (Å²) in [5.41, 5.74) is 0. The lowest BCUT2D eigenvalue weighted by molar-refractivity contribution is -0.136. The zero-order chi connectivity index (χ0) is 17.3. The number of ether oxygens (including phenoxy) is 1. The SMILES string of the molecule is Cn1ccnc1S(=O)(=O)C1CN(C(=O)COc2ccccc2F)C1. The van der Waals surface area contributed by atoms with Crippen LogP contribution in [-0.4, -0.2) is 53.7 Å². The Bertz CT molecular complexity index is 859. The summed E-state index contributed by atoms with van der Waals surface area (Å²) in [7, 11) is -1.97. The summed E-state index contributed by atoms with van der Waals surface area (Å²) < 4.78 is 44.8. The van der Waals surface area contributed by atoms with E-state index in [1.165, 1.54) is 33.9 Å². The number of hydrogen-bond acceptors (Lipinski definition) is 5. The van der Waals surface area contributed by atoms with Gasteiger partial charge in [-0.2, -0.15) is 0 Å². The summed E-state index contributed by atoms with van der Waals surface area (Å²) in [6, 6.07) is 5.78. The molecule has 0 unspecified atom stereocenters. The molecule has 1 amide bonds. The van der Waals surface area contributed by atoms with E-state index in [-0.39, 0.29) is 36.5 Å². The second-order valence-electron chi connectivity index (χ2n) is 5.51. The zero-order valence-corrected chi connectivity index (χ0v) is 13.7. The quantitative estimate of drug-likeness (QED) is 0.787. The number of rotatable bonds is 5. The highest BCUT2D eigenvalue weighted by Crippen LogP contribution is 2.23. The molecule has 1 aromatic heterocycles. The molecule has 0 bridgehead atoms. The van der Waals surface area contributed by atoms with Gasteiger partial charge in [-0.15, -0.1) is 0 Å². The van der Waals surface area contributed by atoms with E-state index < -0.39 is 20.9 Å². The molecule has 3 rings (SSSR count). The molecule has 1 aliphatic rings. The fourth-order valence-electron chi connectivity index (χ4n) is 2.41. The number of likely N-dealkylation sites (tertiary alicyclic amines) is 1. The Morgan fingerprint density at radius 1 is 1.38 bits per heavy atom. The summed E-state index contributed by atoms with van der Waals surface area (Å²) in [4.78, 5) is 17.2. The standard InChI is InChI=1S/C15H16FN3O4S/c1-18-7-6-17-15(18)24(21,22)11-8-19(9-11)14(20)10-23-13-5-3-2-4-12(13)16/h2-7,11H,8-10H2,1H3. The number of benzene rings is 1. The van der Waals surface area contributed by atoms with Crippen LogP contribution in [-0.2, 0) is 21.7 Å². The van der Waals surface area contributed by atoms with E-state index in [1.807, 2.05) is 0 Å². The largest absolute Gasteiger partial charge is 0.481 e. The van der Waals surface area contributed by atoms with Gasteiger partial charge in [-0.3, -0.25) is 4.79 Å². The molecule has 1 aliphatic heterocycles. The number of carbonyl (C=O) groups is 1. The third kappa shape index (κ3) is 2.99. The van der Waals surface area contributed by atoms with Crippen molar-refractivity contribution in [3.63, 3.8) is 0 Å². The number of halogens is 1. The molecule has 0 atom stereocenters. The summed E-state index contributed by atoms with van der Waals surface area (Å²) in [5.74, 6) is -0.947. The molecule has 2 heterocycles. The topological polar surface area (TPSA) is 81.5 Å². The van der Waals surface area contributed by atoms with Gasteiger partial charge in [0.25, 0.3) is 5.91 Å². The number of carbonyl (C=O) groups excluding carboxylic acids is 1. The van der Waals surface area contributed by atoms with Gasteiger partial charge < -0.3 is 14.2 Å². The molecule has 7 nitrogen and oxygen atoms in total. The minimum Gasteiger partial charge on any atom is -0.481 e. The molecule has 0 saturated carbocycles. The molecule has 1 fully saturated rings. The first kappa shape index (κ1) is 16.4. The molecule has 24 heavy (non-hydrogen) atoms. The Balaban J connectivity index is 1.56. The summed E-state index contributed by atoms with van der Waals surface area (Å²) in [5, 5.41) is -0.696. The average Bonchev–Trinajstić information content (AvgIpc) is 2.91. The highest BCUT2D eigenvalue weighted by atomic mass is 32.2. The maximum Gasteiger partial charge on any atom is 0.260 e. The van der Waals surface area contributed by atoms with Gasteiger partial charge in [0.05, 0.1) is 0 Å². The molecule has 0 radical (unpaired) electrons. The minimum atomic E-state index is -3.57. The van der Waals surface area contributed by atoms with Gasteiger partial charge in [0.2, 0.25) is 15.0 Å². The van der Waals surface area contributed by atoms with Gasteiger partial charge >= 0.3 is 0 Å². The van der Waals surface area contributed by atoms with Crippen LogP contribution in [0.2, 0.25) is 0 Å². The Kier molecular flexibility index (Phi) is 4.27. The van der Waals surface area contributed by atoms with Gasteiger partial charge in [0, 0.05) is 32.5 Å². The highest BCUT2D eigenvalue weighted by molar-refractivity contribution is 7.92. The van der Waals surface area contributed by atoms with Gasteiger partial charge in [-0.25, -0.2) is 17.8 Å². The number of aromatic nitrogens is 2. The Morgan fingerprint density at radius 2 is 2.08 bits per heavy atom. The van der Waals surface area contributed by atoms with Crippen molar-refractivity contribution in [3.05, 3.63) is 42.5 Å². The molecule has 0 aliphatic carbocycles. The lowest BCUT2D eigenvalue weighted by atomic mass is 10.2. The Hall–Kier alpha value is -2.42. The highest BCUT2D eigenvalue weighted by Gasteiger charge is 2.42. The minimum absolute atomic E-state index is 0.0106. The first-order valence-electron chi connectivity index (χ1n) is 7.26. The zero-order valence-electron chi connectivity index (χ0n) is 12.9. The third-order valence-electron chi connectivity index (χ3n) is 3.86. The van der Waals surface area contributed by atoms with Crippen molar-refractivity contribution in [3.8, 4) is 5.75 Å². The molecule has 1 saturated heterocycles. The van der Waals surface area contributed by atoms with E-state index in [4.69, 9.17) is 4.74 Å². The normalized spacial score (nSPS) is 15.2. The number of amides is 1. The van der Waals surface area contributed by atoms with Crippen molar-refractivity contribution in [2.75, 3.05) is 19.7 Å². The van der Waals surface area contributed by atoms with Crippen LogP contribution in [0.1, 0.15) is 0 Å². The van der Waals surface area contributed by atoms with Crippen LogP contribution in [0.5, 0.6) is 5.75 Å². The number of hydrogen-bond donors (Lipinski definition) is 0. The van der Waals surface area contributed by atoms with Gasteiger partial charge in [-0.05, 0) is 12.1 Å². The molecule has 0 spiro atoms. The first-order valence-corrected chi connectivity index (χ1v) is 8.80. The predicted octanol–water partition coefficient (Wildman–Crippen LogP) is 0.623. The van der Waals surface area contributed by atoms with Crippen LogP contribution in [0.4, 0.5) is 4.39 Å². The van der Waals surface area contributed by atoms with Crippen LogP contribution in [0.3, 0.4) is 0 Å². The molecule has 0 N–H and O–H groups in total. The fraction of sp³-hybridized carbons (Fsp3) is 0.333. The Morgan fingerprint density at radius 3 is 2.71 bits per heavy atom. The lowest BCUT2D eigenvalue weighted by Crippen LogP contribution is -2.58. The molecule has 1 aromatic carbocycles.